The number of likely N-dealkylation sites (tertiary alicyclic amines) is 1. The highest BCUT2D eigenvalue weighted by atomic mass is 16.1. The van der Waals surface area contributed by atoms with Gasteiger partial charge >= 0.3 is 0 Å². The van der Waals surface area contributed by atoms with Gasteiger partial charge in [-0.3, -0.25) is 9.69 Å². The summed E-state index contributed by atoms with van der Waals surface area (Å²) in [6.45, 7) is 4.61. The minimum absolute atomic E-state index is 0.0411. The standard InChI is InChI=1S/C14H20N2O/c1-2-16-9-3-4-13(17)14(16)12-7-5-11(10-15)6-8-12/h5-8,14H,2-4,9-10,15H2,1H3. The summed E-state index contributed by atoms with van der Waals surface area (Å²) in [6, 6.07) is 8.08. The molecule has 0 amide bonds. The fourth-order valence-electron chi connectivity index (χ4n) is 2.50. The van der Waals surface area contributed by atoms with Gasteiger partial charge in [-0.15, -0.1) is 0 Å². The number of carbonyl (C=O) groups excluding carboxylic acids is 1. The van der Waals surface area contributed by atoms with Gasteiger partial charge in [0.05, 0.1) is 6.04 Å². The number of piperidine rings is 1. The largest absolute Gasteiger partial charge is 0.326 e. The molecule has 1 aromatic carbocycles. The van der Waals surface area contributed by atoms with Crippen molar-refractivity contribution in [1.29, 1.82) is 0 Å². The van der Waals surface area contributed by atoms with E-state index in [0.29, 0.717) is 18.7 Å². The van der Waals surface area contributed by atoms with E-state index in [9.17, 15) is 4.79 Å². The average Bonchev–Trinajstić information content (AvgIpc) is 2.38. The SMILES string of the molecule is CCN1CCCC(=O)C1c1ccc(CN)cc1. The summed E-state index contributed by atoms with van der Waals surface area (Å²) in [5.41, 5.74) is 7.80. The maximum Gasteiger partial charge on any atom is 0.154 e. The Kier molecular flexibility index (Phi) is 3.92. The summed E-state index contributed by atoms with van der Waals surface area (Å²) in [5.74, 6) is 0.346. The Bertz CT molecular complexity index is 386. The Hall–Kier alpha value is -1.19. The minimum Gasteiger partial charge on any atom is -0.326 e. The van der Waals surface area contributed by atoms with Gasteiger partial charge < -0.3 is 5.73 Å². The quantitative estimate of drug-likeness (QED) is 0.865. The van der Waals surface area contributed by atoms with Crippen molar-refractivity contribution in [3.8, 4) is 0 Å². The van der Waals surface area contributed by atoms with Crippen LogP contribution in [0.5, 0.6) is 0 Å². The first kappa shape index (κ1) is 12.3. The molecule has 1 heterocycles. The maximum atomic E-state index is 12.1. The molecule has 3 nitrogen and oxygen atoms in total. The van der Waals surface area contributed by atoms with Gasteiger partial charge in [0, 0.05) is 13.0 Å². The van der Waals surface area contributed by atoms with Gasteiger partial charge in [0.25, 0.3) is 0 Å². The molecular weight excluding hydrogens is 212 g/mol. The lowest BCUT2D eigenvalue weighted by Gasteiger charge is -2.33. The van der Waals surface area contributed by atoms with Crippen molar-refractivity contribution in [3.05, 3.63) is 35.4 Å². The third-order valence-electron chi connectivity index (χ3n) is 3.48. The highest BCUT2D eigenvalue weighted by molar-refractivity contribution is 5.86. The molecule has 1 fully saturated rings. The van der Waals surface area contributed by atoms with E-state index in [1.807, 2.05) is 24.3 Å². The molecule has 0 spiro atoms. The Balaban J connectivity index is 2.25. The van der Waals surface area contributed by atoms with Crippen molar-refractivity contribution in [3.63, 3.8) is 0 Å². The van der Waals surface area contributed by atoms with Gasteiger partial charge in [-0.05, 0) is 30.6 Å². The van der Waals surface area contributed by atoms with Crippen LogP contribution in [0.2, 0.25) is 0 Å². The van der Waals surface area contributed by atoms with Crippen molar-refractivity contribution in [2.75, 3.05) is 13.1 Å². The first-order valence-corrected chi connectivity index (χ1v) is 6.32. The molecule has 92 valence electrons. The second kappa shape index (κ2) is 5.43. The highest BCUT2D eigenvalue weighted by Crippen LogP contribution is 2.27. The number of nitrogens with two attached hydrogens (primary N) is 1. The van der Waals surface area contributed by atoms with Crippen molar-refractivity contribution in [2.45, 2.75) is 32.4 Å². The Morgan fingerprint density at radius 1 is 1.35 bits per heavy atom. The number of hydrogen-bond donors (Lipinski definition) is 1. The molecular formula is C14H20N2O. The topological polar surface area (TPSA) is 46.3 Å². The van der Waals surface area contributed by atoms with Crippen LogP contribution in [0.25, 0.3) is 0 Å². The van der Waals surface area contributed by atoms with Gasteiger partial charge in [0.1, 0.15) is 0 Å². The third-order valence-corrected chi connectivity index (χ3v) is 3.48. The molecule has 2 N–H and O–H groups in total. The molecule has 0 bridgehead atoms. The van der Waals surface area contributed by atoms with E-state index >= 15 is 0 Å². The van der Waals surface area contributed by atoms with E-state index in [4.69, 9.17) is 5.73 Å². The predicted octanol–water partition coefficient (Wildman–Crippen LogP) is 1.87. The first-order valence-electron chi connectivity index (χ1n) is 6.32. The smallest absolute Gasteiger partial charge is 0.154 e. The zero-order valence-corrected chi connectivity index (χ0v) is 10.4. The second-order valence-electron chi connectivity index (χ2n) is 4.55. The number of ketones is 1. The number of benzene rings is 1. The molecule has 1 aliphatic heterocycles. The first-order chi connectivity index (χ1) is 8.26. The number of carbonyl (C=O) groups is 1. The van der Waals surface area contributed by atoms with Crippen LogP contribution in [0.4, 0.5) is 0 Å². The maximum absolute atomic E-state index is 12.1. The van der Waals surface area contributed by atoms with Crippen LogP contribution in [0.3, 0.4) is 0 Å². The number of nitrogens with zero attached hydrogens (tertiary/aromatic N) is 1. The summed E-state index contributed by atoms with van der Waals surface area (Å²) in [5, 5.41) is 0. The van der Waals surface area contributed by atoms with Crippen LogP contribution in [0.15, 0.2) is 24.3 Å². The van der Waals surface area contributed by atoms with E-state index in [2.05, 4.69) is 11.8 Å². The lowest BCUT2D eigenvalue weighted by Crippen LogP contribution is -2.39. The summed E-state index contributed by atoms with van der Waals surface area (Å²) in [6.07, 6.45) is 1.70. The molecule has 2 rings (SSSR count). The number of Topliss-reactive ketones (excluding diaryl/α,β-unsaturated/α-hetero) is 1. The molecule has 0 radical (unpaired) electrons. The van der Waals surface area contributed by atoms with Gasteiger partial charge in [-0.25, -0.2) is 0 Å². The minimum atomic E-state index is -0.0411. The van der Waals surface area contributed by atoms with Gasteiger partial charge in [-0.1, -0.05) is 31.2 Å². The molecule has 17 heavy (non-hydrogen) atoms. The lowest BCUT2D eigenvalue weighted by molar-refractivity contribution is -0.127. The van der Waals surface area contributed by atoms with Crippen LogP contribution in [0.1, 0.15) is 36.9 Å². The van der Waals surface area contributed by atoms with Crippen molar-refractivity contribution in [1.82, 2.24) is 4.90 Å². The normalized spacial score (nSPS) is 21.8. The number of rotatable bonds is 3. The van der Waals surface area contributed by atoms with Crippen LogP contribution in [-0.2, 0) is 11.3 Å². The Labute approximate surface area is 103 Å². The second-order valence-corrected chi connectivity index (χ2v) is 4.55. The average molecular weight is 232 g/mol. The zero-order valence-electron chi connectivity index (χ0n) is 10.4. The molecule has 1 unspecified atom stereocenters. The van der Waals surface area contributed by atoms with Crippen molar-refractivity contribution >= 4 is 5.78 Å². The molecule has 0 aliphatic carbocycles. The van der Waals surface area contributed by atoms with Crippen molar-refractivity contribution in [2.24, 2.45) is 5.73 Å². The molecule has 1 aromatic rings. The summed E-state index contributed by atoms with van der Waals surface area (Å²) < 4.78 is 0. The molecule has 1 aliphatic rings. The fourth-order valence-corrected chi connectivity index (χ4v) is 2.50. The molecule has 1 saturated heterocycles. The van der Waals surface area contributed by atoms with Gasteiger partial charge in [0.2, 0.25) is 0 Å². The Morgan fingerprint density at radius 3 is 2.65 bits per heavy atom. The van der Waals surface area contributed by atoms with E-state index < -0.39 is 0 Å². The van der Waals surface area contributed by atoms with Crippen molar-refractivity contribution < 1.29 is 4.79 Å². The molecule has 0 saturated carbocycles. The fraction of sp³-hybridized carbons (Fsp3) is 0.500. The predicted molar refractivity (Wildman–Crippen MR) is 68.6 cm³/mol. The third kappa shape index (κ3) is 2.56. The zero-order chi connectivity index (χ0) is 12.3. The van der Waals surface area contributed by atoms with Gasteiger partial charge in [-0.2, -0.15) is 0 Å². The highest BCUT2D eigenvalue weighted by Gasteiger charge is 2.29. The number of likely N-dealkylation sites (N-methyl/N-ethyl adjacent to an activating group) is 1. The van der Waals surface area contributed by atoms with E-state index in [0.717, 1.165) is 30.6 Å². The monoisotopic (exact) mass is 232 g/mol. The van der Waals surface area contributed by atoms with Gasteiger partial charge in [0.15, 0.2) is 5.78 Å². The molecule has 1 atom stereocenters. The number of hydrogen-bond acceptors (Lipinski definition) is 3. The summed E-state index contributed by atoms with van der Waals surface area (Å²) in [4.78, 5) is 14.3. The Morgan fingerprint density at radius 2 is 2.06 bits per heavy atom. The van der Waals surface area contributed by atoms with Crippen LogP contribution < -0.4 is 5.73 Å². The van der Waals surface area contributed by atoms with E-state index in [-0.39, 0.29) is 6.04 Å². The lowest BCUT2D eigenvalue weighted by atomic mass is 9.93. The van der Waals surface area contributed by atoms with E-state index in [1.54, 1.807) is 0 Å². The summed E-state index contributed by atoms with van der Waals surface area (Å²) in [7, 11) is 0. The molecule has 0 aromatic heterocycles. The van der Waals surface area contributed by atoms with Crippen LogP contribution in [-0.4, -0.2) is 23.8 Å². The van der Waals surface area contributed by atoms with Crippen LogP contribution in [0, 0.1) is 0 Å². The molecule has 3 heteroatoms. The van der Waals surface area contributed by atoms with Crippen LogP contribution >= 0.6 is 0 Å². The summed E-state index contributed by atoms with van der Waals surface area (Å²) >= 11 is 0. The van der Waals surface area contributed by atoms with E-state index in [1.165, 1.54) is 0 Å².